The van der Waals surface area contributed by atoms with Crippen molar-refractivity contribution < 1.29 is 9.90 Å². The lowest BCUT2D eigenvalue weighted by molar-refractivity contribution is 0.0695. The van der Waals surface area contributed by atoms with Gasteiger partial charge in [0, 0.05) is 12.7 Å². The molecular weight excluding hydrogens is 218 g/mol. The lowest BCUT2D eigenvalue weighted by atomic mass is 9.92. The van der Waals surface area contributed by atoms with E-state index in [4.69, 9.17) is 5.11 Å². The fourth-order valence-corrected chi connectivity index (χ4v) is 1.31. The molecule has 0 atom stereocenters. The van der Waals surface area contributed by atoms with Crippen LogP contribution in [0.5, 0.6) is 0 Å². The maximum atomic E-state index is 10.8. The van der Waals surface area contributed by atoms with Crippen molar-refractivity contribution in [1.82, 2.24) is 9.97 Å². The fourth-order valence-electron chi connectivity index (χ4n) is 1.31. The van der Waals surface area contributed by atoms with Crippen LogP contribution < -0.4 is 5.32 Å². The molecule has 0 aliphatic rings. The van der Waals surface area contributed by atoms with Crippen molar-refractivity contribution in [2.75, 3.05) is 11.9 Å². The van der Waals surface area contributed by atoms with Crippen LogP contribution >= 0.6 is 0 Å². The topological polar surface area (TPSA) is 75.1 Å². The third-order valence-electron chi connectivity index (χ3n) is 2.37. The molecule has 0 aromatic carbocycles. The van der Waals surface area contributed by atoms with E-state index >= 15 is 0 Å². The number of carboxylic acids is 1. The first-order valence-corrected chi connectivity index (χ1v) is 5.60. The number of rotatable bonds is 4. The van der Waals surface area contributed by atoms with Gasteiger partial charge in [-0.2, -0.15) is 0 Å². The maximum absolute atomic E-state index is 10.8. The summed E-state index contributed by atoms with van der Waals surface area (Å²) < 4.78 is 0. The molecule has 0 spiro atoms. The molecule has 2 N–H and O–H groups in total. The second-order valence-corrected chi connectivity index (χ2v) is 5.24. The molecular formula is C12H19N3O2. The minimum Gasteiger partial charge on any atom is -0.478 e. The van der Waals surface area contributed by atoms with Crippen molar-refractivity contribution in [2.24, 2.45) is 5.41 Å². The zero-order chi connectivity index (χ0) is 13.1. The van der Waals surface area contributed by atoms with Gasteiger partial charge in [0.1, 0.15) is 0 Å². The molecule has 1 aromatic heterocycles. The summed E-state index contributed by atoms with van der Waals surface area (Å²) in [7, 11) is 0. The highest BCUT2D eigenvalue weighted by Gasteiger charge is 2.11. The second kappa shape index (κ2) is 5.12. The SMILES string of the molecule is Cc1nc(NCCC(C)(C)C)ncc1C(=O)O. The minimum atomic E-state index is -0.997. The van der Waals surface area contributed by atoms with Gasteiger partial charge in [0.05, 0.1) is 11.3 Å². The maximum Gasteiger partial charge on any atom is 0.339 e. The number of aromatic carboxylic acids is 1. The fraction of sp³-hybridized carbons (Fsp3) is 0.583. The molecule has 1 aromatic rings. The van der Waals surface area contributed by atoms with E-state index in [9.17, 15) is 4.79 Å². The van der Waals surface area contributed by atoms with Crippen LogP contribution in [0.2, 0.25) is 0 Å². The number of hydrogen-bond acceptors (Lipinski definition) is 4. The quantitative estimate of drug-likeness (QED) is 0.840. The van der Waals surface area contributed by atoms with E-state index in [2.05, 4.69) is 36.1 Å². The number of aromatic nitrogens is 2. The van der Waals surface area contributed by atoms with Crippen LogP contribution in [-0.2, 0) is 0 Å². The monoisotopic (exact) mass is 237 g/mol. The summed E-state index contributed by atoms with van der Waals surface area (Å²) in [6, 6.07) is 0. The van der Waals surface area contributed by atoms with Crippen LogP contribution in [0, 0.1) is 12.3 Å². The smallest absolute Gasteiger partial charge is 0.339 e. The largest absolute Gasteiger partial charge is 0.478 e. The first-order chi connectivity index (χ1) is 7.79. The summed E-state index contributed by atoms with van der Waals surface area (Å²) >= 11 is 0. The first-order valence-electron chi connectivity index (χ1n) is 5.60. The van der Waals surface area contributed by atoms with Crippen LogP contribution in [-0.4, -0.2) is 27.6 Å². The number of aryl methyl sites for hydroxylation is 1. The third-order valence-corrected chi connectivity index (χ3v) is 2.37. The van der Waals surface area contributed by atoms with Crippen molar-refractivity contribution in [3.63, 3.8) is 0 Å². The highest BCUT2D eigenvalue weighted by Crippen LogP contribution is 2.18. The average molecular weight is 237 g/mol. The summed E-state index contributed by atoms with van der Waals surface area (Å²) in [5, 5.41) is 11.9. The van der Waals surface area contributed by atoms with Gasteiger partial charge in [-0.25, -0.2) is 14.8 Å². The van der Waals surface area contributed by atoms with E-state index < -0.39 is 5.97 Å². The Morgan fingerprint density at radius 3 is 2.59 bits per heavy atom. The predicted octanol–water partition coefficient (Wildman–Crippen LogP) is 2.33. The normalized spacial score (nSPS) is 11.3. The van der Waals surface area contributed by atoms with Crippen LogP contribution in [0.25, 0.3) is 0 Å². The Kier molecular flexibility index (Phi) is 4.04. The number of nitrogens with zero attached hydrogens (tertiary/aromatic N) is 2. The molecule has 0 saturated carbocycles. The van der Waals surface area contributed by atoms with Gasteiger partial charge in [0.25, 0.3) is 0 Å². The van der Waals surface area contributed by atoms with Gasteiger partial charge >= 0.3 is 5.97 Å². The molecule has 5 nitrogen and oxygen atoms in total. The Morgan fingerprint density at radius 2 is 2.12 bits per heavy atom. The second-order valence-electron chi connectivity index (χ2n) is 5.24. The molecule has 1 heterocycles. The van der Waals surface area contributed by atoms with Crippen molar-refractivity contribution in [1.29, 1.82) is 0 Å². The Balaban J connectivity index is 2.62. The zero-order valence-corrected chi connectivity index (χ0v) is 10.7. The van der Waals surface area contributed by atoms with Gasteiger partial charge in [-0.1, -0.05) is 20.8 Å². The average Bonchev–Trinajstić information content (AvgIpc) is 2.15. The first kappa shape index (κ1) is 13.4. The van der Waals surface area contributed by atoms with E-state index in [1.807, 2.05) is 0 Å². The van der Waals surface area contributed by atoms with Crippen LogP contribution in [0.3, 0.4) is 0 Å². The number of anilines is 1. The van der Waals surface area contributed by atoms with Crippen molar-refractivity contribution in [3.8, 4) is 0 Å². The van der Waals surface area contributed by atoms with E-state index in [1.165, 1.54) is 6.20 Å². The molecule has 17 heavy (non-hydrogen) atoms. The molecule has 0 unspecified atom stereocenters. The molecule has 5 heteroatoms. The standard InChI is InChI=1S/C12H19N3O2/c1-8-9(10(16)17)7-14-11(15-8)13-6-5-12(2,3)4/h7H,5-6H2,1-4H3,(H,16,17)(H,13,14,15). The number of nitrogens with one attached hydrogen (secondary N) is 1. The molecule has 0 bridgehead atoms. The van der Waals surface area contributed by atoms with Gasteiger partial charge in [-0.3, -0.25) is 0 Å². The van der Waals surface area contributed by atoms with E-state index in [-0.39, 0.29) is 11.0 Å². The molecule has 94 valence electrons. The van der Waals surface area contributed by atoms with Gasteiger partial charge in [0.15, 0.2) is 0 Å². The molecule has 0 fully saturated rings. The molecule has 0 saturated heterocycles. The van der Waals surface area contributed by atoms with E-state index in [1.54, 1.807) is 6.92 Å². The van der Waals surface area contributed by atoms with E-state index in [0.717, 1.165) is 13.0 Å². The van der Waals surface area contributed by atoms with Gasteiger partial charge < -0.3 is 10.4 Å². The predicted molar refractivity (Wildman–Crippen MR) is 66.3 cm³/mol. The Bertz CT molecular complexity index is 411. The highest BCUT2D eigenvalue weighted by molar-refractivity contribution is 5.88. The Morgan fingerprint density at radius 1 is 1.47 bits per heavy atom. The van der Waals surface area contributed by atoms with E-state index in [0.29, 0.717) is 11.6 Å². The minimum absolute atomic E-state index is 0.145. The molecule has 0 aliphatic carbocycles. The molecule has 0 radical (unpaired) electrons. The van der Waals surface area contributed by atoms with Crippen molar-refractivity contribution in [2.45, 2.75) is 34.1 Å². The lowest BCUT2D eigenvalue weighted by Gasteiger charge is -2.18. The zero-order valence-electron chi connectivity index (χ0n) is 10.7. The molecule has 0 aliphatic heterocycles. The van der Waals surface area contributed by atoms with Gasteiger partial charge in [0.2, 0.25) is 5.95 Å². The summed E-state index contributed by atoms with van der Waals surface area (Å²) in [6.07, 6.45) is 2.33. The summed E-state index contributed by atoms with van der Waals surface area (Å²) in [4.78, 5) is 18.9. The lowest BCUT2D eigenvalue weighted by Crippen LogP contribution is -2.15. The van der Waals surface area contributed by atoms with Crippen molar-refractivity contribution in [3.05, 3.63) is 17.5 Å². The summed E-state index contributed by atoms with van der Waals surface area (Å²) in [5.41, 5.74) is 0.875. The Labute approximate surface area is 101 Å². The molecule has 1 rings (SSSR count). The third kappa shape index (κ3) is 4.38. The van der Waals surface area contributed by atoms with Crippen LogP contribution in [0.1, 0.15) is 43.2 Å². The summed E-state index contributed by atoms with van der Waals surface area (Å²) in [5.74, 6) is -0.513. The van der Waals surface area contributed by atoms with Crippen LogP contribution in [0.4, 0.5) is 5.95 Å². The molecule has 0 amide bonds. The van der Waals surface area contributed by atoms with Crippen molar-refractivity contribution >= 4 is 11.9 Å². The van der Waals surface area contributed by atoms with Gasteiger partial charge in [-0.05, 0) is 18.8 Å². The Hall–Kier alpha value is -1.65. The number of hydrogen-bond donors (Lipinski definition) is 2. The number of carbonyl (C=O) groups is 1. The number of carboxylic acid groups (broad SMARTS) is 1. The van der Waals surface area contributed by atoms with Gasteiger partial charge in [-0.15, -0.1) is 0 Å². The highest BCUT2D eigenvalue weighted by atomic mass is 16.4. The van der Waals surface area contributed by atoms with Crippen LogP contribution in [0.15, 0.2) is 6.20 Å². The summed E-state index contributed by atoms with van der Waals surface area (Å²) in [6.45, 7) is 8.92.